The number of hydrogen-bond donors (Lipinski definition) is 0. The molecular formula is C23H25N3O2. The molecule has 1 heterocycles. The van der Waals surface area contributed by atoms with Crippen LogP contribution in [0.2, 0.25) is 0 Å². The van der Waals surface area contributed by atoms with E-state index >= 15 is 0 Å². The van der Waals surface area contributed by atoms with Crippen molar-refractivity contribution < 1.29 is 9.32 Å². The number of nitrogens with zero attached hydrogens (tertiary/aromatic N) is 3. The highest BCUT2D eigenvalue weighted by Gasteiger charge is 2.48. The van der Waals surface area contributed by atoms with Crippen molar-refractivity contribution in [3.8, 4) is 0 Å². The summed E-state index contributed by atoms with van der Waals surface area (Å²) < 4.78 is 4.92. The van der Waals surface area contributed by atoms with E-state index in [1.807, 2.05) is 25.2 Å². The van der Waals surface area contributed by atoms with Crippen molar-refractivity contribution in [2.75, 3.05) is 14.1 Å². The van der Waals surface area contributed by atoms with Crippen LogP contribution in [0, 0.1) is 0 Å². The minimum Gasteiger partial charge on any atom is -0.364 e. The summed E-state index contributed by atoms with van der Waals surface area (Å²) in [5.74, 6) is 0.116. The highest BCUT2D eigenvalue weighted by atomic mass is 16.5. The SMILES string of the molecule is CN(Cc1ccon1)C(=O)C1(N(C)Cc2ccccc2)Cc2ccccc2C1. The van der Waals surface area contributed by atoms with Gasteiger partial charge >= 0.3 is 0 Å². The van der Waals surface area contributed by atoms with Crippen LogP contribution in [0.5, 0.6) is 0 Å². The van der Waals surface area contributed by atoms with Crippen molar-refractivity contribution in [2.45, 2.75) is 31.5 Å². The van der Waals surface area contributed by atoms with Crippen LogP contribution < -0.4 is 0 Å². The fourth-order valence-electron chi connectivity index (χ4n) is 4.18. The molecule has 0 bridgehead atoms. The Morgan fingerprint density at radius 2 is 1.61 bits per heavy atom. The summed E-state index contributed by atoms with van der Waals surface area (Å²) in [5, 5.41) is 3.96. The Morgan fingerprint density at radius 1 is 0.964 bits per heavy atom. The van der Waals surface area contributed by atoms with Gasteiger partial charge in [-0.2, -0.15) is 0 Å². The lowest BCUT2D eigenvalue weighted by atomic mass is 9.91. The first-order chi connectivity index (χ1) is 13.6. The summed E-state index contributed by atoms with van der Waals surface area (Å²) in [4.78, 5) is 17.7. The minimum atomic E-state index is -0.599. The third-order valence-corrected chi connectivity index (χ3v) is 5.71. The highest BCUT2D eigenvalue weighted by molar-refractivity contribution is 5.88. The van der Waals surface area contributed by atoms with Crippen molar-refractivity contribution >= 4 is 5.91 Å². The van der Waals surface area contributed by atoms with Gasteiger partial charge in [0.15, 0.2) is 0 Å². The van der Waals surface area contributed by atoms with Crippen molar-refractivity contribution in [1.29, 1.82) is 0 Å². The van der Waals surface area contributed by atoms with Crippen LogP contribution in [0.15, 0.2) is 71.4 Å². The molecule has 0 aliphatic heterocycles. The molecule has 0 atom stereocenters. The van der Waals surface area contributed by atoms with E-state index in [0.29, 0.717) is 19.4 Å². The van der Waals surface area contributed by atoms with E-state index < -0.39 is 5.54 Å². The lowest BCUT2D eigenvalue weighted by molar-refractivity contribution is -0.143. The first-order valence-electron chi connectivity index (χ1n) is 9.55. The second-order valence-electron chi connectivity index (χ2n) is 7.65. The Labute approximate surface area is 165 Å². The maximum atomic E-state index is 13.7. The van der Waals surface area contributed by atoms with Crippen LogP contribution in [0.1, 0.15) is 22.4 Å². The van der Waals surface area contributed by atoms with Gasteiger partial charge < -0.3 is 9.42 Å². The van der Waals surface area contributed by atoms with E-state index in [0.717, 1.165) is 12.2 Å². The first kappa shape index (κ1) is 18.4. The molecule has 1 aliphatic rings. The molecule has 2 aromatic carbocycles. The van der Waals surface area contributed by atoms with Gasteiger partial charge in [-0.25, -0.2) is 0 Å². The second kappa shape index (κ2) is 7.60. The fourth-order valence-corrected chi connectivity index (χ4v) is 4.18. The van der Waals surface area contributed by atoms with Gasteiger partial charge in [0, 0.05) is 32.5 Å². The van der Waals surface area contributed by atoms with Crippen molar-refractivity contribution in [2.24, 2.45) is 0 Å². The van der Waals surface area contributed by atoms with E-state index in [1.165, 1.54) is 23.0 Å². The van der Waals surface area contributed by atoms with Crippen LogP contribution in [0.3, 0.4) is 0 Å². The predicted molar refractivity (Wildman–Crippen MR) is 107 cm³/mol. The van der Waals surface area contributed by atoms with Crippen LogP contribution in [-0.4, -0.2) is 40.5 Å². The molecule has 1 aromatic heterocycles. The number of aromatic nitrogens is 1. The van der Waals surface area contributed by atoms with Gasteiger partial charge in [0.1, 0.15) is 17.5 Å². The smallest absolute Gasteiger partial charge is 0.243 e. The fraction of sp³-hybridized carbons (Fsp3) is 0.304. The third-order valence-electron chi connectivity index (χ3n) is 5.71. The monoisotopic (exact) mass is 375 g/mol. The van der Waals surface area contributed by atoms with E-state index in [2.05, 4.69) is 53.5 Å². The van der Waals surface area contributed by atoms with Crippen LogP contribution in [0.25, 0.3) is 0 Å². The molecule has 0 fully saturated rings. The van der Waals surface area contributed by atoms with Gasteiger partial charge in [-0.15, -0.1) is 0 Å². The average Bonchev–Trinajstić information content (AvgIpc) is 3.36. The zero-order valence-corrected chi connectivity index (χ0v) is 16.3. The second-order valence-corrected chi connectivity index (χ2v) is 7.65. The molecule has 0 saturated heterocycles. The maximum Gasteiger partial charge on any atom is 0.243 e. The number of amides is 1. The van der Waals surface area contributed by atoms with Crippen LogP contribution >= 0.6 is 0 Å². The number of benzene rings is 2. The number of likely N-dealkylation sites (N-methyl/N-ethyl adjacent to an activating group) is 2. The average molecular weight is 375 g/mol. The van der Waals surface area contributed by atoms with Gasteiger partial charge in [-0.05, 0) is 23.7 Å². The first-order valence-corrected chi connectivity index (χ1v) is 9.55. The summed E-state index contributed by atoms with van der Waals surface area (Å²) in [6.45, 7) is 1.16. The zero-order valence-electron chi connectivity index (χ0n) is 16.3. The number of hydrogen-bond acceptors (Lipinski definition) is 4. The molecule has 0 unspecified atom stereocenters. The quantitative estimate of drug-likeness (QED) is 0.663. The molecule has 1 amide bonds. The Kier molecular flexibility index (Phi) is 5.01. The number of fused-ring (bicyclic) bond motifs is 1. The molecule has 3 aromatic rings. The molecule has 0 saturated carbocycles. The topological polar surface area (TPSA) is 49.6 Å². The lowest BCUT2D eigenvalue weighted by Gasteiger charge is -2.40. The van der Waals surface area contributed by atoms with Crippen LogP contribution in [0.4, 0.5) is 0 Å². The summed E-state index contributed by atoms with van der Waals surface area (Å²) in [7, 11) is 3.90. The number of rotatable bonds is 6. The van der Waals surface area contributed by atoms with Crippen molar-refractivity contribution in [1.82, 2.24) is 15.0 Å². The van der Waals surface area contributed by atoms with Gasteiger partial charge in [-0.3, -0.25) is 9.69 Å². The van der Waals surface area contributed by atoms with E-state index in [9.17, 15) is 4.79 Å². The molecule has 28 heavy (non-hydrogen) atoms. The molecule has 1 aliphatic carbocycles. The highest BCUT2D eigenvalue weighted by Crippen LogP contribution is 2.36. The van der Waals surface area contributed by atoms with Crippen molar-refractivity contribution in [3.63, 3.8) is 0 Å². The largest absolute Gasteiger partial charge is 0.364 e. The standard InChI is InChI=1S/C23H25N3O2/c1-25(17-21-12-13-28-24-21)22(27)23(14-19-10-6-7-11-20(19)15-23)26(2)16-18-8-4-3-5-9-18/h3-13H,14-17H2,1-2H3. The molecular weight excluding hydrogens is 350 g/mol. The van der Waals surface area contributed by atoms with E-state index in [4.69, 9.17) is 4.52 Å². The molecule has 5 heteroatoms. The summed E-state index contributed by atoms with van der Waals surface area (Å²) in [6.07, 6.45) is 2.97. The summed E-state index contributed by atoms with van der Waals surface area (Å²) in [5.41, 5.74) is 3.87. The minimum absolute atomic E-state index is 0.116. The zero-order chi connectivity index (χ0) is 19.6. The van der Waals surface area contributed by atoms with Crippen molar-refractivity contribution in [3.05, 3.63) is 89.3 Å². The Hall–Kier alpha value is -2.92. The molecule has 4 rings (SSSR count). The van der Waals surface area contributed by atoms with E-state index in [1.54, 1.807) is 11.0 Å². The van der Waals surface area contributed by atoms with Gasteiger partial charge in [0.25, 0.3) is 0 Å². The molecule has 5 nitrogen and oxygen atoms in total. The Bertz CT molecular complexity index is 913. The summed E-state index contributed by atoms with van der Waals surface area (Å²) >= 11 is 0. The molecule has 0 spiro atoms. The Morgan fingerprint density at radius 3 is 2.21 bits per heavy atom. The maximum absolute atomic E-state index is 13.7. The molecule has 0 radical (unpaired) electrons. The van der Waals surface area contributed by atoms with Gasteiger partial charge in [0.05, 0.1) is 6.54 Å². The normalized spacial score (nSPS) is 14.8. The predicted octanol–water partition coefficient (Wildman–Crippen LogP) is 3.30. The van der Waals surface area contributed by atoms with Gasteiger partial charge in [0.2, 0.25) is 5.91 Å². The number of carbonyl (C=O) groups excluding carboxylic acids is 1. The summed E-state index contributed by atoms with van der Waals surface area (Å²) in [6, 6.07) is 20.5. The van der Waals surface area contributed by atoms with Gasteiger partial charge in [-0.1, -0.05) is 59.8 Å². The lowest BCUT2D eigenvalue weighted by Crippen LogP contribution is -2.58. The number of carbonyl (C=O) groups is 1. The molecule has 144 valence electrons. The Balaban J connectivity index is 1.63. The third kappa shape index (κ3) is 3.45. The van der Waals surface area contributed by atoms with E-state index in [-0.39, 0.29) is 5.91 Å². The van der Waals surface area contributed by atoms with Crippen LogP contribution in [-0.2, 0) is 30.7 Å². The molecule has 0 N–H and O–H groups in total.